The summed E-state index contributed by atoms with van der Waals surface area (Å²) in [5.41, 5.74) is 2.94. The van der Waals surface area contributed by atoms with E-state index in [2.05, 4.69) is 4.98 Å². The van der Waals surface area contributed by atoms with Gasteiger partial charge in [0.25, 0.3) is 0 Å². The lowest BCUT2D eigenvalue weighted by Crippen LogP contribution is -2.07. The molecule has 6 heteroatoms. The summed E-state index contributed by atoms with van der Waals surface area (Å²) in [6, 6.07) is 15.0. The number of benzene rings is 1. The number of carbonyl (C=O) groups is 1. The molecule has 0 aliphatic carbocycles. The summed E-state index contributed by atoms with van der Waals surface area (Å²) >= 11 is 0. The van der Waals surface area contributed by atoms with Crippen molar-refractivity contribution in [2.24, 2.45) is 0 Å². The van der Waals surface area contributed by atoms with E-state index in [9.17, 15) is 10.1 Å². The fourth-order valence-electron chi connectivity index (χ4n) is 2.65. The van der Waals surface area contributed by atoms with E-state index in [4.69, 9.17) is 9.47 Å². The number of esters is 1. The molecule has 0 N–H and O–H groups in total. The maximum Gasteiger partial charge on any atom is 0.349 e. The number of ether oxygens (including phenoxy) is 2. The lowest BCUT2D eigenvalue weighted by molar-refractivity contribution is -0.139. The minimum Gasteiger partial charge on any atom is -0.476 e. The Labute approximate surface area is 157 Å². The van der Waals surface area contributed by atoms with Crippen molar-refractivity contribution >= 4 is 17.7 Å². The molecule has 0 spiro atoms. The van der Waals surface area contributed by atoms with Crippen LogP contribution in [-0.2, 0) is 16.1 Å². The van der Waals surface area contributed by atoms with Crippen LogP contribution in [0, 0.1) is 18.3 Å². The van der Waals surface area contributed by atoms with Crippen LogP contribution in [0.5, 0.6) is 5.88 Å². The summed E-state index contributed by atoms with van der Waals surface area (Å²) in [4.78, 5) is 16.8. The molecular weight excluding hydrogens is 342 g/mol. The Balaban J connectivity index is 1.93. The molecule has 27 heavy (non-hydrogen) atoms. The molecule has 6 nitrogen and oxygen atoms in total. The van der Waals surface area contributed by atoms with Crippen LogP contribution in [0.2, 0.25) is 0 Å². The first kappa shape index (κ1) is 18.2. The zero-order chi connectivity index (χ0) is 19.2. The number of aromatic nitrogens is 2. The van der Waals surface area contributed by atoms with Gasteiger partial charge in [-0.1, -0.05) is 36.4 Å². The molecule has 3 rings (SSSR count). The molecule has 0 unspecified atom stereocenters. The average molecular weight is 361 g/mol. The van der Waals surface area contributed by atoms with Crippen molar-refractivity contribution in [3.8, 4) is 11.9 Å². The van der Waals surface area contributed by atoms with Gasteiger partial charge in [-0.2, -0.15) is 10.2 Å². The van der Waals surface area contributed by atoms with Crippen molar-refractivity contribution in [2.45, 2.75) is 20.5 Å². The largest absolute Gasteiger partial charge is 0.476 e. The first-order chi connectivity index (χ1) is 13.1. The number of hydrogen-bond donors (Lipinski definition) is 0. The van der Waals surface area contributed by atoms with Crippen LogP contribution in [0.15, 0.2) is 54.2 Å². The van der Waals surface area contributed by atoms with E-state index < -0.39 is 5.97 Å². The molecule has 0 bridgehead atoms. The Morgan fingerprint density at radius 1 is 1.26 bits per heavy atom. The van der Waals surface area contributed by atoms with Crippen LogP contribution >= 0.6 is 0 Å². The van der Waals surface area contributed by atoms with Crippen molar-refractivity contribution in [3.05, 3.63) is 71.1 Å². The monoisotopic (exact) mass is 361 g/mol. The van der Waals surface area contributed by atoms with Crippen molar-refractivity contribution in [1.82, 2.24) is 9.38 Å². The van der Waals surface area contributed by atoms with Crippen molar-refractivity contribution in [2.75, 3.05) is 6.61 Å². The number of nitrogens with zero attached hydrogens (tertiary/aromatic N) is 3. The van der Waals surface area contributed by atoms with Crippen LogP contribution in [0.4, 0.5) is 0 Å². The predicted molar refractivity (Wildman–Crippen MR) is 101 cm³/mol. The van der Waals surface area contributed by atoms with Gasteiger partial charge in [-0.15, -0.1) is 0 Å². The summed E-state index contributed by atoms with van der Waals surface area (Å²) in [5, 5.41) is 9.45. The minimum absolute atomic E-state index is 0.100. The van der Waals surface area contributed by atoms with E-state index in [0.29, 0.717) is 23.8 Å². The van der Waals surface area contributed by atoms with E-state index in [1.165, 1.54) is 6.08 Å². The molecule has 2 aromatic heterocycles. The molecule has 0 saturated heterocycles. The highest BCUT2D eigenvalue weighted by Gasteiger charge is 2.17. The highest BCUT2D eigenvalue weighted by Crippen LogP contribution is 2.25. The zero-order valence-corrected chi connectivity index (χ0v) is 15.2. The molecular formula is C21H19N3O3. The average Bonchev–Trinajstić information content (AvgIpc) is 3.04. The maximum atomic E-state index is 12.4. The summed E-state index contributed by atoms with van der Waals surface area (Å²) in [5.74, 6) is -0.318. The van der Waals surface area contributed by atoms with E-state index >= 15 is 0 Å². The van der Waals surface area contributed by atoms with Gasteiger partial charge in [-0.05, 0) is 37.1 Å². The topological polar surface area (TPSA) is 76.6 Å². The van der Waals surface area contributed by atoms with Gasteiger partial charge in [0.1, 0.15) is 29.6 Å². The van der Waals surface area contributed by atoms with Gasteiger partial charge >= 0.3 is 5.97 Å². The van der Waals surface area contributed by atoms with Crippen LogP contribution in [0.25, 0.3) is 11.7 Å². The van der Waals surface area contributed by atoms with Gasteiger partial charge in [-0.25, -0.2) is 4.79 Å². The number of fused-ring (bicyclic) bond motifs is 1. The van der Waals surface area contributed by atoms with Gasteiger partial charge in [0.15, 0.2) is 0 Å². The highest BCUT2D eigenvalue weighted by molar-refractivity contribution is 5.98. The van der Waals surface area contributed by atoms with Gasteiger partial charge in [0.05, 0.1) is 6.61 Å². The Kier molecular flexibility index (Phi) is 5.53. The Hall–Kier alpha value is -3.59. The van der Waals surface area contributed by atoms with Crippen LogP contribution in [-0.4, -0.2) is 22.0 Å². The molecule has 136 valence electrons. The van der Waals surface area contributed by atoms with E-state index in [1.807, 2.05) is 68.6 Å². The fraction of sp³-hybridized carbons (Fsp3) is 0.190. The third-order valence-electron chi connectivity index (χ3n) is 3.96. The first-order valence-electron chi connectivity index (χ1n) is 8.57. The summed E-state index contributed by atoms with van der Waals surface area (Å²) in [7, 11) is 0. The molecule has 0 fully saturated rings. The van der Waals surface area contributed by atoms with Gasteiger partial charge < -0.3 is 9.47 Å². The number of nitriles is 1. The lowest BCUT2D eigenvalue weighted by Gasteiger charge is -2.05. The van der Waals surface area contributed by atoms with Crippen molar-refractivity contribution in [3.63, 3.8) is 0 Å². The predicted octanol–water partition coefficient (Wildman–Crippen LogP) is 3.69. The third-order valence-corrected chi connectivity index (χ3v) is 3.96. The summed E-state index contributed by atoms with van der Waals surface area (Å²) in [6.45, 7) is 4.31. The Morgan fingerprint density at radius 3 is 2.74 bits per heavy atom. The summed E-state index contributed by atoms with van der Waals surface area (Å²) in [6.07, 6.45) is 3.27. The second kappa shape index (κ2) is 8.19. The van der Waals surface area contributed by atoms with E-state index in [0.717, 1.165) is 11.1 Å². The fourth-order valence-corrected chi connectivity index (χ4v) is 2.65. The normalized spacial score (nSPS) is 11.2. The minimum atomic E-state index is -0.689. The number of pyridine rings is 1. The van der Waals surface area contributed by atoms with E-state index in [-0.39, 0.29) is 12.2 Å². The molecule has 0 atom stereocenters. The molecule has 0 amide bonds. The van der Waals surface area contributed by atoms with Crippen LogP contribution < -0.4 is 4.74 Å². The molecule has 1 aromatic carbocycles. The SMILES string of the molecule is CCOc1nc2c(C)cccn2c1C=C(C#N)C(=O)OCc1ccccc1. The molecule has 0 aliphatic heterocycles. The Bertz CT molecular complexity index is 1030. The van der Waals surface area contributed by atoms with Crippen molar-refractivity contribution < 1.29 is 14.3 Å². The first-order valence-corrected chi connectivity index (χ1v) is 8.57. The van der Waals surface area contributed by atoms with Crippen LogP contribution in [0.3, 0.4) is 0 Å². The second-order valence-electron chi connectivity index (χ2n) is 5.85. The molecule has 2 heterocycles. The standard InChI is InChI=1S/C21H19N3O3/c1-3-26-20-18(24-11-7-8-15(2)19(24)23-20)12-17(13-22)21(25)27-14-16-9-5-4-6-10-16/h4-12H,3,14H2,1-2H3. The summed E-state index contributed by atoms with van der Waals surface area (Å²) < 4.78 is 12.7. The number of imidazole rings is 1. The van der Waals surface area contributed by atoms with Gasteiger partial charge in [0, 0.05) is 6.20 Å². The maximum absolute atomic E-state index is 12.4. The Morgan fingerprint density at radius 2 is 2.04 bits per heavy atom. The van der Waals surface area contributed by atoms with Gasteiger partial charge in [0.2, 0.25) is 5.88 Å². The van der Waals surface area contributed by atoms with Crippen LogP contribution in [0.1, 0.15) is 23.7 Å². The zero-order valence-electron chi connectivity index (χ0n) is 15.2. The smallest absolute Gasteiger partial charge is 0.349 e. The second-order valence-corrected chi connectivity index (χ2v) is 5.85. The third kappa shape index (κ3) is 3.98. The molecule has 0 saturated carbocycles. The quantitative estimate of drug-likeness (QED) is 0.380. The highest BCUT2D eigenvalue weighted by atomic mass is 16.5. The molecule has 0 radical (unpaired) electrons. The van der Waals surface area contributed by atoms with Gasteiger partial charge in [-0.3, -0.25) is 4.40 Å². The number of aryl methyl sites for hydroxylation is 1. The molecule has 0 aliphatic rings. The number of carbonyl (C=O) groups excluding carboxylic acids is 1. The van der Waals surface area contributed by atoms with Crippen molar-refractivity contribution in [1.29, 1.82) is 5.26 Å². The number of rotatable bonds is 6. The van der Waals surface area contributed by atoms with E-state index in [1.54, 1.807) is 4.40 Å². The number of hydrogen-bond acceptors (Lipinski definition) is 5. The molecule has 3 aromatic rings. The lowest BCUT2D eigenvalue weighted by atomic mass is 10.2.